The average Bonchev–Trinajstić information content (AvgIpc) is 2.70. The van der Waals surface area contributed by atoms with Crippen molar-refractivity contribution < 1.29 is 18.3 Å². The van der Waals surface area contributed by atoms with Crippen molar-refractivity contribution in [1.29, 1.82) is 0 Å². The summed E-state index contributed by atoms with van der Waals surface area (Å²) < 4.78 is 34.3. The highest BCUT2D eigenvalue weighted by atomic mass is 32.2. The van der Waals surface area contributed by atoms with E-state index in [0.717, 1.165) is 11.1 Å². The number of aliphatic hydroxyl groups excluding tert-OH is 1. The second-order valence-corrected chi connectivity index (χ2v) is 9.06. The summed E-state index contributed by atoms with van der Waals surface area (Å²) in [6.45, 7) is 4.29. The van der Waals surface area contributed by atoms with Crippen LogP contribution in [0.25, 0.3) is 11.1 Å². The Labute approximate surface area is 166 Å². The van der Waals surface area contributed by atoms with Gasteiger partial charge in [0.05, 0.1) is 6.61 Å². The van der Waals surface area contributed by atoms with Gasteiger partial charge in [-0.25, -0.2) is 8.42 Å². The number of pyridine rings is 1. The maximum atomic E-state index is 13.3. The van der Waals surface area contributed by atoms with Crippen LogP contribution in [0, 0.1) is 5.92 Å². The van der Waals surface area contributed by atoms with E-state index in [1.54, 1.807) is 37.5 Å². The van der Waals surface area contributed by atoms with Crippen molar-refractivity contribution >= 4 is 10.0 Å². The zero-order valence-corrected chi connectivity index (χ0v) is 17.2. The Morgan fingerprint density at radius 3 is 2.79 bits per heavy atom. The Morgan fingerprint density at radius 2 is 2.14 bits per heavy atom. The predicted molar refractivity (Wildman–Crippen MR) is 108 cm³/mol. The van der Waals surface area contributed by atoms with Crippen LogP contribution >= 0.6 is 0 Å². The highest BCUT2D eigenvalue weighted by Gasteiger charge is 2.37. The van der Waals surface area contributed by atoms with E-state index in [-0.39, 0.29) is 30.1 Å². The Balaban J connectivity index is 2.14. The molecule has 0 amide bonds. The largest absolute Gasteiger partial charge is 0.487 e. The van der Waals surface area contributed by atoms with Gasteiger partial charge in [-0.1, -0.05) is 19.1 Å². The van der Waals surface area contributed by atoms with E-state index in [0.29, 0.717) is 12.3 Å². The van der Waals surface area contributed by atoms with Gasteiger partial charge >= 0.3 is 0 Å². The average molecular weight is 406 g/mol. The molecule has 1 aromatic heterocycles. The van der Waals surface area contributed by atoms with Crippen LogP contribution in [0.1, 0.15) is 13.8 Å². The van der Waals surface area contributed by atoms with Crippen molar-refractivity contribution in [2.24, 2.45) is 5.92 Å². The van der Waals surface area contributed by atoms with Crippen molar-refractivity contribution in [3.05, 3.63) is 42.7 Å². The second-order valence-electron chi connectivity index (χ2n) is 7.20. The lowest BCUT2D eigenvalue weighted by Crippen LogP contribution is -2.49. The summed E-state index contributed by atoms with van der Waals surface area (Å²) >= 11 is 0. The smallest absolute Gasteiger partial charge is 0.247 e. The molecule has 7 nitrogen and oxygen atoms in total. The van der Waals surface area contributed by atoms with E-state index in [9.17, 15) is 13.5 Å². The monoisotopic (exact) mass is 405 g/mol. The number of ether oxygens (including phenoxy) is 1. The number of fused-ring (bicyclic) bond motifs is 1. The van der Waals surface area contributed by atoms with Crippen LogP contribution in [-0.4, -0.2) is 61.7 Å². The molecule has 1 aliphatic heterocycles. The molecule has 2 N–H and O–H groups in total. The highest BCUT2D eigenvalue weighted by Crippen LogP contribution is 2.36. The molecule has 0 fully saturated rings. The molecule has 1 aromatic carbocycles. The van der Waals surface area contributed by atoms with Crippen LogP contribution in [-0.2, 0) is 10.0 Å². The minimum absolute atomic E-state index is 0.0635. The van der Waals surface area contributed by atoms with E-state index in [4.69, 9.17) is 4.74 Å². The first-order valence-corrected chi connectivity index (χ1v) is 10.8. The Hall–Kier alpha value is -2.00. The zero-order valence-electron chi connectivity index (χ0n) is 16.4. The molecule has 28 heavy (non-hydrogen) atoms. The van der Waals surface area contributed by atoms with E-state index in [2.05, 4.69) is 10.3 Å². The first kappa shape index (κ1) is 20.7. The lowest BCUT2D eigenvalue weighted by molar-refractivity contribution is 0.103. The minimum Gasteiger partial charge on any atom is -0.487 e. The van der Waals surface area contributed by atoms with Gasteiger partial charge in [0, 0.05) is 43.0 Å². The topological polar surface area (TPSA) is 91.8 Å². The van der Waals surface area contributed by atoms with Gasteiger partial charge in [-0.15, -0.1) is 0 Å². The third-order valence-corrected chi connectivity index (χ3v) is 7.09. The molecule has 2 aromatic rings. The zero-order chi connectivity index (χ0) is 20.3. The van der Waals surface area contributed by atoms with E-state index in [1.807, 2.05) is 26.1 Å². The molecule has 0 radical (unpaired) electrons. The number of rotatable bonds is 5. The molecule has 3 rings (SSSR count). The fourth-order valence-electron chi connectivity index (χ4n) is 3.38. The quantitative estimate of drug-likeness (QED) is 0.787. The number of sulfonamides is 1. The Morgan fingerprint density at radius 1 is 1.36 bits per heavy atom. The molecule has 8 heteroatoms. The fraction of sp³-hybridized carbons (Fsp3) is 0.450. The molecule has 1 aliphatic rings. The van der Waals surface area contributed by atoms with Crippen molar-refractivity contribution in [2.75, 3.05) is 26.7 Å². The molecule has 0 aliphatic carbocycles. The summed E-state index contributed by atoms with van der Waals surface area (Å²) in [7, 11) is -1.97. The van der Waals surface area contributed by atoms with Crippen molar-refractivity contribution in [3.8, 4) is 16.9 Å². The molecule has 0 saturated carbocycles. The number of aliphatic hydroxyl groups is 1. The van der Waals surface area contributed by atoms with Gasteiger partial charge in [-0.2, -0.15) is 4.31 Å². The van der Waals surface area contributed by atoms with Gasteiger partial charge in [-0.05, 0) is 37.7 Å². The maximum Gasteiger partial charge on any atom is 0.247 e. The SMILES string of the molecule is CNC[C@H]1Oc2cc(-c3cccnc3)ccc2S(=O)(=O)N([C@H](C)CO)C[C@@H]1C. The summed E-state index contributed by atoms with van der Waals surface area (Å²) in [5, 5.41) is 12.7. The lowest BCUT2D eigenvalue weighted by atomic mass is 10.0. The first-order valence-electron chi connectivity index (χ1n) is 9.37. The Bertz CT molecular complexity index is 905. The van der Waals surface area contributed by atoms with E-state index >= 15 is 0 Å². The number of aromatic nitrogens is 1. The van der Waals surface area contributed by atoms with E-state index < -0.39 is 16.1 Å². The van der Waals surface area contributed by atoms with Crippen molar-refractivity contribution in [1.82, 2.24) is 14.6 Å². The predicted octanol–water partition coefficient (Wildman–Crippen LogP) is 1.74. The van der Waals surface area contributed by atoms with Gasteiger partial charge in [0.1, 0.15) is 16.7 Å². The van der Waals surface area contributed by atoms with Crippen LogP contribution in [0.4, 0.5) is 0 Å². The van der Waals surface area contributed by atoms with Gasteiger partial charge in [0.25, 0.3) is 0 Å². The summed E-state index contributed by atoms with van der Waals surface area (Å²) in [6.07, 6.45) is 3.21. The Kier molecular flexibility index (Phi) is 6.34. The van der Waals surface area contributed by atoms with Gasteiger partial charge in [0.15, 0.2) is 0 Å². The molecule has 3 atom stereocenters. The first-order chi connectivity index (χ1) is 13.4. The molecular weight excluding hydrogens is 378 g/mol. The summed E-state index contributed by atoms with van der Waals surface area (Å²) in [6, 6.07) is 8.33. The standard InChI is InChI=1S/C20H27N3O4S/c1-14-12-23(15(2)13-24)28(25,26)20-7-6-16(17-5-4-8-22-10-17)9-18(20)27-19(14)11-21-3/h4-10,14-15,19,21,24H,11-13H2,1-3H3/t14-,15+,19+/m0/s1. The molecule has 0 unspecified atom stereocenters. The normalized spacial score (nSPS) is 23.1. The number of likely N-dealkylation sites (N-methyl/N-ethyl adjacent to an activating group) is 1. The van der Waals surface area contributed by atoms with Crippen molar-refractivity contribution in [2.45, 2.75) is 30.9 Å². The summed E-state index contributed by atoms with van der Waals surface area (Å²) in [5.74, 6) is 0.259. The third-order valence-electron chi connectivity index (χ3n) is 5.07. The van der Waals surface area contributed by atoms with Crippen LogP contribution in [0.15, 0.2) is 47.6 Å². The minimum atomic E-state index is -3.81. The summed E-state index contributed by atoms with van der Waals surface area (Å²) in [5.41, 5.74) is 1.72. The van der Waals surface area contributed by atoms with E-state index in [1.165, 1.54) is 4.31 Å². The number of nitrogens with one attached hydrogen (secondary N) is 1. The number of hydrogen-bond donors (Lipinski definition) is 2. The molecule has 2 heterocycles. The molecule has 152 valence electrons. The van der Waals surface area contributed by atoms with Gasteiger partial charge < -0.3 is 15.2 Å². The third kappa shape index (κ3) is 4.05. The van der Waals surface area contributed by atoms with Crippen LogP contribution in [0.2, 0.25) is 0 Å². The van der Waals surface area contributed by atoms with Crippen LogP contribution in [0.3, 0.4) is 0 Å². The number of benzene rings is 1. The fourth-order valence-corrected chi connectivity index (χ4v) is 5.21. The van der Waals surface area contributed by atoms with Crippen molar-refractivity contribution in [3.63, 3.8) is 0 Å². The van der Waals surface area contributed by atoms with Crippen LogP contribution < -0.4 is 10.1 Å². The maximum absolute atomic E-state index is 13.3. The number of nitrogens with zero attached hydrogens (tertiary/aromatic N) is 2. The highest BCUT2D eigenvalue weighted by molar-refractivity contribution is 7.89. The molecule has 0 bridgehead atoms. The number of hydrogen-bond acceptors (Lipinski definition) is 6. The summed E-state index contributed by atoms with van der Waals surface area (Å²) in [4.78, 5) is 4.25. The molecule has 0 saturated heterocycles. The van der Waals surface area contributed by atoms with Gasteiger partial charge in [-0.3, -0.25) is 4.98 Å². The van der Waals surface area contributed by atoms with Crippen LogP contribution in [0.5, 0.6) is 5.75 Å². The molecule has 0 spiro atoms. The van der Waals surface area contributed by atoms with Gasteiger partial charge in [0.2, 0.25) is 10.0 Å². The molecular formula is C20H27N3O4S. The second kappa shape index (κ2) is 8.57. The lowest BCUT2D eigenvalue weighted by Gasteiger charge is -2.36.